The summed E-state index contributed by atoms with van der Waals surface area (Å²) < 4.78 is 0. The topological polar surface area (TPSA) is 41.1 Å². The molecule has 1 aromatic rings. The number of rotatable bonds is 5. The van der Waals surface area contributed by atoms with Crippen LogP contribution in [0.15, 0.2) is 18.2 Å². The van der Waals surface area contributed by atoms with Gasteiger partial charge in [-0.15, -0.1) is 0 Å². The molecular formula is C15H22N2O. The lowest BCUT2D eigenvalue weighted by Crippen LogP contribution is -2.32. The van der Waals surface area contributed by atoms with Crippen LogP contribution in [0, 0.1) is 0 Å². The predicted octanol–water partition coefficient (Wildman–Crippen LogP) is 2.60. The summed E-state index contributed by atoms with van der Waals surface area (Å²) in [5, 5.41) is 6.35. The number of carbonyl (C=O) groups excluding carboxylic acids is 1. The van der Waals surface area contributed by atoms with Gasteiger partial charge in [-0.25, -0.2) is 0 Å². The number of benzene rings is 1. The third kappa shape index (κ3) is 3.10. The highest BCUT2D eigenvalue weighted by Crippen LogP contribution is 2.17. The van der Waals surface area contributed by atoms with E-state index in [9.17, 15) is 4.79 Å². The molecule has 1 aliphatic heterocycles. The van der Waals surface area contributed by atoms with E-state index in [2.05, 4.69) is 30.5 Å². The summed E-state index contributed by atoms with van der Waals surface area (Å²) in [6, 6.07) is 6.25. The molecule has 1 atom stereocenters. The molecule has 1 heterocycles. The van der Waals surface area contributed by atoms with Crippen LogP contribution in [0.4, 0.5) is 0 Å². The molecule has 1 aliphatic rings. The van der Waals surface area contributed by atoms with Crippen molar-refractivity contribution in [2.24, 2.45) is 0 Å². The van der Waals surface area contributed by atoms with Gasteiger partial charge in [0.15, 0.2) is 0 Å². The fourth-order valence-corrected chi connectivity index (χ4v) is 2.33. The Labute approximate surface area is 109 Å². The number of hydrogen-bond donors (Lipinski definition) is 2. The molecule has 0 spiro atoms. The van der Waals surface area contributed by atoms with E-state index >= 15 is 0 Å². The van der Waals surface area contributed by atoms with Crippen LogP contribution in [0.25, 0.3) is 0 Å². The fourth-order valence-electron chi connectivity index (χ4n) is 2.33. The van der Waals surface area contributed by atoms with Crippen molar-refractivity contribution >= 4 is 5.91 Å². The minimum Gasteiger partial charge on any atom is -0.350 e. The number of amides is 1. The molecule has 2 rings (SSSR count). The first kappa shape index (κ1) is 13.1. The highest BCUT2D eigenvalue weighted by molar-refractivity contribution is 5.94. The van der Waals surface area contributed by atoms with Crippen LogP contribution in [0.1, 0.15) is 54.6 Å². The van der Waals surface area contributed by atoms with Crippen LogP contribution in [-0.4, -0.2) is 11.9 Å². The molecule has 98 valence electrons. The van der Waals surface area contributed by atoms with Crippen molar-refractivity contribution < 1.29 is 4.79 Å². The molecule has 0 bridgehead atoms. The van der Waals surface area contributed by atoms with E-state index in [0.29, 0.717) is 0 Å². The van der Waals surface area contributed by atoms with Gasteiger partial charge in [-0.1, -0.05) is 25.8 Å². The van der Waals surface area contributed by atoms with Crippen molar-refractivity contribution in [3.8, 4) is 0 Å². The Morgan fingerprint density at radius 2 is 2.17 bits per heavy atom. The highest BCUT2D eigenvalue weighted by atomic mass is 16.1. The monoisotopic (exact) mass is 246 g/mol. The maximum atomic E-state index is 12.1. The van der Waals surface area contributed by atoms with E-state index < -0.39 is 0 Å². The first-order valence-corrected chi connectivity index (χ1v) is 6.84. The first-order chi connectivity index (χ1) is 8.70. The fraction of sp³-hybridized carbons (Fsp3) is 0.533. The average Bonchev–Trinajstić information content (AvgIpc) is 2.83. The number of fused-ring (bicyclic) bond motifs is 1. The van der Waals surface area contributed by atoms with Gasteiger partial charge >= 0.3 is 0 Å². The molecule has 1 unspecified atom stereocenters. The smallest absolute Gasteiger partial charge is 0.251 e. The standard InChI is InChI=1S/C15H22N2O/c1-3-4-5-11(2)17-15(18)12-6-7-13-9-16-10-14(13)8-12/h6-8,11,16H,3-5,9-10H2,1-2H3,(H,17,18). The first-order valence-electron chi connectivity index (χ1n) is 6.84. The van der Waals surface area contributed by atoms with E-state index in [1.54, 1.807) is 0 Å². The molecule has 3 heteroatoms. The van der Waals surface area contributed by atoms with Gasteiger partial charge in [0.05, 0.1) is 0 Å². The summed E-state index contributed by atoms with van der Waals surface area (Å²) in [4.78, 5) is 12.1. The second kappa shape index (κ2) is 6.01. The maximum Gasteiger partial charge on any atom is 0.251 e. The van der Waals surface area contributed by atoms with E-state index in [1.807, 2.05) is 12.1 Å². The van der Waals surface area contributed by atoms with E-state index in [-0.39, 0.29) is 11.9 Å². The number of hydrogen-bond acceptors (Lipinski definition) is 2. The molecule has 18 heavy (non-hydrogen) atoms. The Morgan fingerprint density at radius 1 is 1.39 bits per heavy atom. The van der Waals surface area contributed by atoms with Crippen molar-refractivity contribution in [3.05, 3.63) is 34.9 Å². The molecule has 0 radical (unpaired) electrons. The summed E-state index contributed by atoms with van der Waals surface area (Å²) in [6.45, 7) is 6.04. The SMILES string of the molecule is CCCCC(C)NC(=O)c1ccc2c(c1)CNC2. The van der Waals surface area contributed by atoms with Gasteiger partial charge in [0, 0.05) is 24.7 Å². The van der Waals surface area contributed by atoms with Gasteiger partial charge < -0.3 is 10.6 Å². The Bertz CT molecular complexity index is 429. The number of carbonyl (C=O) groups is 1. The third-order valence-corrected chi connectivity index (χ3v) is 3.47. The zero-order valence-corrected chi connectivity index (χ0v) is 11.3. The van der Waals surface area contributed by atoms with Crippen molar-refractivity contribution in [1.82, 2.24) is 10.6 Å². The molecule has 0 aliphatic carbocycles. The molecule has 1 amide bonds. The van der Waals surface area contributed by atoms with Crippen molar-refractivity contribution in [2.45, 2.75) is 52.2 Å². The molecule has 3 nitrogen and oxygen atoms in total. The van der Waals surface area contributed by atoms with Gasteiger partial charge in [0.1, 0.15) is 0 Å². The predicted molar refractivity (Wildman–Crippen MR) is 73.4 cm³/mol. The molecule has 0 aromatic heterocycles. The molecule has 0 fully saturated rings. The minimum atomic E-state index is 0.0494. The van der Waals surface area contributed by atoms with Crippen molar-refractivity contribution in [2.75, 3.05) is 0 Å². The van der Waals surface area contributed by atoms with E-state index in [1.165, 1.54) is 17.5 Å². The van der Waals surface area contributed by atoms with Crippen LogP contribution < -0.4 is 10.6 Å². The van der Waals surface area contributed by atoms with Gasteiger partial charge in [-0.05, 0) is 36.6 Å². The largest absolute Gasteiger partial charge is 0.350 e. The quantitative estimate of drug-likeness (QED) is 0.838. The molecule has 1 aromatic carbocycles. The highest BCUT2D eigenvalue weighted by Gasteiger charge is 2.14. The van der Waals surface area contributed by atoms with E-state index in [0.717, 1.165) is 31.5 Å². The number of unbranched alkanes of at least 4 members (excludes halogenated alkanes) is 1. The molecule has 0 saturated heterocycles. The summed E-state index contributed by atoms with van der Waals surface area (Å²) in [7, 11) is 0. The third-order valence-electron chi connectivity index (χ3n) is 3.47. The Hall–Kier alpha value is -1.35. The Kier molecular flexibility index (Phi) is 4.37. The zero-order valence-electron chi connectivity index (χ0n) is 11.3. The van der Waals surface area contributed by atoms with Gasteiger partial charge in [-0.3, -0.25) is 4.79 Å². The summed E-state index contributed by atoms with van der Waals surface area (Å²) in [6.07, 6.45) is 3.38. The summed E-state index contributed by atoms with van der Waals surface area (Å²) in [5.41, 5.74) is 3.34. The second-order valence-corrected chi connectivity index (χ2v) is 5.10. The van der Waals surface area contributed by atoms with Gasteiger partial charge in [0.2, 0.25) is 0 Å². The van der Waals surface area contributed by atoms with Crippen LogP contribution in [0.3, 0.4) is 0 Å². The summed E-state index contributed by atoms with van der Waals surface area (Å²) >= 11 is 0. The lowest BCUT2D eigenvalue weighted by Gasteiger charge is -2.13. The lowest BCUT2D eigenvalue weighted by atomic mass is 10.1. The Morgan fingerprint density at radius 3 is 2.94 bits per heavy atom. The van der Waals surface area contributed by atoms with Crippen LogP contribution in [0.2, 0.25) is 0 Å². The normalized spacial score (nSPS) is 15.2. The Balaban J connectivity index is 1.96. The molecule has 0 saturated carbocycles. The van der Waals surface area contributed by atoms with E-state index in [4.69, 9.17) is 0 Å². The van der Waals surface area contributed by atoms with Crippen molar-refractivity contribution in [1.29, 1.82) is 0 Å². The molecular weight excluding hydrogens is 224 g/mol. The van der Waals surface area contributed by atoms with Gasteiger partial charge in [-0.2, -0.15) is 0 Å². The lowest BCUT2D eigenvalue weighted by molar-refractivity contribution is 0.0938. The number of nitrogens with one attached hydrogen (secondary N) is 2. The maximum absolute atomic E-state index is 12.1. The van der Waals surface area contributed by atoms with Gasteiger partial charge in [0.25, 0.3) is 5.91 Å². The van der Waals surface area contributed by atoms with Crippen LogP contribution >= 0.6 is 0 Å². The van der Waals surface area contributed by atoms with Crippen molar-refractivity contribution in [3.63, 3.8) is 0 Å². The van der Waals surface area contributed by atoms with Crippen LogP contribution in [0.5, 0.6) is 0 Å². The second-order valence-electron chi connectivity index (χ2n) is 5.10. The minimum absolute atomic E-state index is 0.0494. The average molecular weight is 246 g/mol. The molecule has 2 N–H and O–H groups in total. The van der Waals surface area contributed by atoms with Crippen LogP contribution in [-0.2, 0) is 13.1 Å². The summed E-state index contributed by atoms with van der Waals surface area (Å²) in [5.74, 6) is 0.0494. The zero-order chi connectivity index (χ0) is 13.0.